The van der Waals surface area contributed by atoms with E-state index in [0.717, 1.165) is 16.8 Å². The molecule has 0 spiro atoms. The zero-order valence-corrected chi connectivity index (χ0v) is 10.6. The van der Waals surface area contributed by atoms with Crippen LogP contribution >= 0.6 is 11.6 Å². The number of hydrogen-bond acceptors (Lipinski definition) is 4. The Kier molecular flexibility index (Phi) is 3.24. The molecule has 0 radical (unpaired) electrons. The van der Waals surface area contributed by atoms with Crippen LogP contribution in [-0.4, -0.2) is 22.1 Å². The summed E-state index contributed by atoms with van der Waals surface area (Å²) in [5.41, 5.74) is 2.55. The van der Waals surface area contributed by atoms with Gasteiger partial charge in [0.2, 0.25) is 5.88 Å². The van der Waals surface area contributed by atoms with Crippen LogP contribution in [0, 0.1) is 13.8 Å². The van der Waals surface area contributed by atoms with Gasteiger partial charge in [-0.3, -0.25) is 0 Å². The number of nitrogens with zero attached hydrogens (tertiary/aromatic N) is 3. The molecule has 4 nitrogen and oxygen atoms in total. The van der Waals surface area contributed by atoms with Crippen LogP contribution in [0.1, 0.15) is 11.4 Å². The molecule has 2 aromatic heterocycles. The van der Waals surface area contributed by atoms with Crippen molar-refractivity contribution in [1.82, 2.24) is 15.0 Å². The Morgan fingerprint density at radius 1 is 1.18 bits per heavy atom. The van der Waals surface area contributed by atoms with E-state index in [0.29, 0.717) is 16.9 Å². The van der Waals surface area contributed by atoms with Gasteiger partial charge in [-0.2, -0.15) is 0 Å². The van der Waals surface area contributed by atoms with Crippen LogP contribution < -0.4 is 4.74 Å². The van der Waals surface area contributed by atoms with Crippen molar-refractivity contribution in [2.24, 2.45) is 0 Å². The number of rotatable bonds is 2. The van der Waals surface area contributed by atoms with Gasteiger partial charge in [-0.25, -0.2) is 15.0 Å². The molecule has 2 rings (SSSR count). The van der Waals surface area contributed by atoms with Crippen molar-refractivity contribution in [3.8, 4) is 17.1 Å². The molecule has 5 heteroatoms. The van der Waals surface area contributed by atoms with Crippen LogP contribution in [-0.2, 0) is 0 Å². The lowest BCUT2D eigenvalue weighted by atomic mass is 10.1. The monoisotopic (exact) mass is 249 g/mol. The van der Waals surface area contributed by atoms with Crippen LogP contribution in [0.15, 0.2) is 18.3 Å². The maximum atomic E-state index is 6.03. The summed E-state index contributed by atoms with van der Waals surface area (Å²) >= 11 is 6.03. The summed E-state index contributed by atoms with van der Waals surface area (Å²) in [6.07, 6.45) is 1.71. The molecule has 0 amide bonds. The molecule has 0 fully saturated rings. The van der Waals surface area contributed by atoms with Crippen LogP contribution in [0.3, 0.4) is 0 Å². The number of hydrogen-bond donors (Lipinski definition) is 0. The molecule has 0 N–H and O–H groups in total. The second kappa shape index (κ2) is 4.67. The SMILES string of the molecule is COc1ccc(-c2nc(C)nc(Cl)c2C)cn1. The number of methoxy groups -OCH3 is 1. The lowest BCUT2D eigenvalue weighted by Crippen LogP contribution is -1.97. The predicted molar refractivity (Wildman–Crippen MR) is 66.3 cm³/mol. The average molecular weight is 250 g/mol. The smallest absolute Gasteiger partial charge is 0.212 e. The second-order valence-electron chi connectivity index (χ2n) is 3.62. The van der Waals surface area contributed by atoms with Crippen molar-refractivity contribution in [3.63, 3.8) is 0 Å². The van der Waals surface area contributed by atoms with Crippen molar-refractivity contribution in [2.45, 2.75) is 13.8 Å². The van der Waals surface area contributed by atoms with E-state index < -0.39 is 0 Å². The third-order valence-corrected chi connectivity index (χ3v) is 2.79. The number of ether oxygens (including phenoxy) is 1. The number of pyridine rings is 1. The first-order valence-electron chi connectivity index (χ1n) is 5.13. The van der Waals surface area contributed by atoms with Crippen molar-refractivity contribution in [2.75, 3.05) is 7.11 Å². The summed E-state index contributed by atoms with van der Waals surface area (Å²) in [6.45, 7) is 3.70. The fraction of sp³-hybridized carbons (Fsp3) is 0.250. The molecular weight excluding hydrogens is 238 g/mol. The number of aryl methyl sites for hydroxylation is 1. The van der Waals surface area contributed by atoms with Gasteiger partial charge in [-0.15, -0.1) is 0 Å². The highest BCUT2D eigenvalue weighted by molar-refractivity contribution is 6.30. The van der Waals surface area contributed by atoms with Gasteiger partial charge in [0, 0.05) is 23.4 Å². The Balaban J connectivity index is 2.52. The standard InChI is InChI=1S/C12H12ClN3O/c1-7-11(15-8(2)16-12(7)13)9-4-5-10(17-3)14-6-9/h4-6H,1-3H3. The molecule has 0 aliphatic heterocycles. The summed E-state index contributed by atoms with van der Waals surface area (Å²) < 4.78 is 5.01. The van der Waals surface area contributed by atoms with Crippen LogP contribution in [0.25, 0.3) is 11.3 Å². The summed E-state index contributed by atoms with van der Waals surface area (Å²) in [5, 5.41) is 0.475. The third kappa shape index (κ3) is 2.36. The maximum Gasteiger partial charge on any atom is 0.212 e. The van der Waals surface area contributed by atoms with E-state index in [1.54, 1.807) is 19.4 Å². The lowest BCUT2D eigenvalue weighted by molar-refractivity contribution is 0.398. The molecule has 0 atom stereocenters. The fourth-order valence-corrected chi connectivity index (χ4v) is 1.73. The minimum Gasteiger partial charge on any atom is -0.481 e. The van der Waals surface area contributed by atoms with Gasteiger partial charge in [0.05, 0.1) is 12.8 Å². The number of aromatic nitrogens is 3. The van der Waals surface area contributed by atoms with Gasteiger partial charge in [0.25, 0.3) is 0 Å². The Labute approximate surface area is 105 Å². The van der Waals surface area contributed by atoms with Crippen molar-refractivity contribution in [1.29, 1.82) is 0 Å². The fourth-order valence-electron chi connectivity index (χ4n) is 1.52. The van der Waals surface area contributed by atoms with Crippen LogP contribution in [0.5, 0.6) is 5.88 Å². The molecule has 17 heavy (non-hydrogen) atoms. The first-order chi connectivity index (χ1) is 8.11. The first kappa shape index (κ1) is 11.8. The maximum absolute atomic E-state index is 6.03. The average Bonchev–Trinajstić information content (AvgIpc) is 2.34. The van der Waals surface area contributed by atoms with Gasteiger partial charge >= 0.3 is 0 Å². The molecule has 0 aromatic carbocycles. The summed E-state index contributed by atoms with van der Waals surface area (Å²) in [6, 6.07) is 3.69. The molecule has 0 saturated heterocycles. The van der Waals surface area contributed by atoms with Gasteiger partial charge in [-0.05, 0) is 19.9 Å². The van der Waals surface area contributed by atoms with E-state index in [1.165, 1.54) is 0 Å². The Hall–Kier alpha value is -1.68. The van der Waals surface area contributed by atoms with Crippen molar-refractivity contribution >= 4 is 11.6 Å². The summed E-state index contributed by atoms with van der Waals surface area (Å²) in [7, 11) is 1.58. The predicted octanol–water partition coefficient (Wildman–Crippen LogP) is 2.82. The van der Waals surface area contributed by atoms with Gasteiger partial charge < -0.3 is 4.74 Å². The Morgan fingerprint density at radius 2 is 1.94 bits per heavy atom. The van der Waals surface area contributed by atoms with Gasteiger partial charge in [-0.1, -0.05) is 11.6 Å². The largest absolute Gasteiger partial charge is 0.481 e. The van der Waals surface area contributed by atoms with Crippen molar-refractivity contribution in [3.05, 3.63) is 34.9 Å². The minimum atomic E-state index is 0.475. The van der Waals surface area contributed by atoms with Crippen LogP contribution in [0.4, 0.5) is 0 Å². The summed E-state index contributed by atoms with van der Waals surface area (Å²) in [4.78, 5) is 12.6. The highest BCUT2D eigenvalue weighted by Gasteiger charge is 2.09. The highest BCUT2D eigenvalue weighted by atomic mass is 35.5. The minimum absolute atomic E-state index is 0.475. The third-order valence-electron chi connectivity index (χ3n) is 2.42. The van der Waals surface area contributed by atoms with E-state index in [1.807, 2.05) is 19.9 Å². The molecule has 2 aromatic rings. The molecule has 88 valence electrons. The Morgan fingerprint density at radius 3 is 2.53 bits per heavy atom. The van der Waals surface area contributed by atoms with E-state index in [-0.39, 0.29) is 0 Å². The van der Waals surface area contributed by atoms with Gasteiger partial charge in [0.15, 0.2) is 0 Å². The topological polar surface area (TPSA) is 47.9 Å². The van der Waals surface area contributed by atoms with Crippen LogP contribution in [0.2, 0.25) is 5.15 Å². The molecule has 0 aliphatic carbocycles. The van der Waals surface area contributed by atoms with E-state index in [2.05, 4.69) is 15.0 Å². The van der Waals surface area contributed by atoms with Gasteiger partial charge in [0.1, 0.15) is 11.0 Å². The molecule has 0 unspecified atom stereocenters. The van der Waals surface area contributed by atoms with Crippen molar-refractivity contribution < 1.29 is 4.74 Å². The molecule has 0 bridgehead atoms. The lowest BCUT2D eigenvalue weighted by Gasteiger charge is -2.07. The normalized spacial score (nSPS) is 10.4. The molecule has 0 aliphatic rings. The highest BCUT2D eigenvalue weighted by Crippen LogP contribution is 2.25. The Bertz CT molecular complexity index is 540. The molecule has 0 saturated carbocycles. The molecular formula is C12H12ClN3O. The summed E-state index contributed by atoms with van der Waals surface area (Å²) in [5.74, 6) is 1.22. The first-order valence-corrected chi connectivity index (χ1v) is 5.50. The zero-order valence-electron chi connectivity index (χ0n) is 9.86. The number of halogens is 1. The van der Waals surface area contributed by atoms with E-state index in [9.17, 15) is 0 Å². The second-order valence-corrected chi connectivity index (χ2v) is 3.98. The van der Waals surface area contributed by atoms with E-state index >= 15 is 0 Å². The zero-order chi connectivity index (χ0) is 12.4. The van der Waals surface area contributed by atoms with E-state index in [4.69, 9.17) is 16.3 Å². The quantitative estimate of drug-likeness (QED) is 0.768. The molecule has 2 heterocycles.